The zero-order valence-corrected chi connectivity index (χ0v) is 16.6. The number of ether oxygens (including phenoxy) is 1. The number of hydrogen-bond donors (Lipinski definition) is 2. The van der Waals surface area contributed by atoms with Crippen molar-refractivity contribution in [2.24, 2.45) is 4.99 Å². The molecule has 0 bridgehead atoms. The topological polar surface area (TPSA) is 79.6 Å². The van der Waals surface area contributed by atoms with Crippen molar-refractivity contribution in [3.63, 3.8) is 0 Å². The second-order valence-electron chi connectivity index (χ2n) is 6.22. The van der Waals surface area contributed by atoms with Gasteiger partial charge in [0.15, 0.2) is 11.8 Å². The van der Waals surface area contributed by atoms with Gasteiger partial charge in [-0.05, 0) is 32.5 Å². The van der Waals surface area contributed by atoms with Crippen LogP contribution in [-0.4, -0.2) is 72.6 Å². The number of benzene rings is 1. The van der Waals surface area contributed by atoms with E-state index in [0.29, 0.717) is 6.54 Å². The summed E-state index contributed by atoms with van der Waals surface area (Å²) < 4.78 is 7.05. The van der Waals surface area contributed by atoms with Crippen molar-refractivity contribution >= 4 is 5.96 Å². The molecule has 0 saturated heterocycles. The Kier molecular flexibility index (Phi) is 9.29. The summed E-state index contributed by atoms with van der Waals surface area (Å²) in [5, 5.41) is 14.9. The highest BCUT2D eigenvalue weighted by molar-refractivity contribution is 5.79. The molecule has 1 aromatic carbocycles. The van der Waals surface area contributed by atoms with Gasteiger partial charge in [-0.2, -0.15) is 0 Å². The summed E-state index contributed by atoms with van der Waals surface area (Å²) in [6, 6.07) is 10.0. The number of guanidine groups is 1. The lowest BCUT2D eigenvalue weighted by molar-refractivity contribution is 0.180. The van der Waals surface area contributed by atoms with Crippen molar-refractivity contribution in [2.75, 3.05) is 46.9 Å². The average Bonchev–Trinajstić information content (AvgIpc) is 3.15. The van der Waals surface area contributed by atoms with Crippen molar-refractivity contribution < 1.29 is 4.74 Å². The number of nitrogens with zero attached hydrogens (tertiary/aromatic N) is 5. The molecule has 0 fully saturated rings. The molecular formula is C19H31N7O. The van der Waals surface area contributed by atoms with Gasteiger partial charge in [-0.1, -0.05) is 18.2 Å². The van der Waals surface area contributed by atoms with Crippen molar-refractivity contribution in [1.29, 1.82) is 0 Å². The van der Waals surface area contributed by atoms with Crippen LogP contribution in [0.2, 0.25) is 0 Å². The van der Waals surface area contributed by atoms with Crippen molar-refractivity contribution in [3.8, 4) is 5.69 Å². The number of nitrogens with one attached hydrogen (secondary N) is 2. The van der Waals surface area contributed by atoms with Gasteiger partial charge in [0.2, 0.25) is 0 Å². The molecule has 0 aliphatic rings. The fourth-order valence-electron chi connectivity index (χ4n) is 2.62. The molecule has 0 atom stereocenters. The van der Waals surface area contributed by atoms with Gasteiger partial charge >= 0.3 is 0 Å². The van der Waals surface area contributed by atoms with Gasteiger partial charge in [0.05, 0.1) is 0 Å². The lowest BCUT2D eigenvalue weighted by Crippen LogP contribution is -2.41. The first-order chi connectivity index (χ1) is 13.2. The fraction of sp³-hybridized carbons (Fsp3) is 0.526. The van der Waals surface area contributed by atoms with Gasteiger partial charge in [-0.25, -0.2) is 4.99 Å². The van der Waals surface area contributed by atoms with E-state index in [2.05, 4.69) is 44.7 Å². The highest BCUT2D eigenvalue weighted by Crippen LogP contribution is 2.09. The van der Waals surface area contributed by atoms with Crippen molar-refractivity contribution in [2.45, 2.75) is 19.9 Å². The van der Waals surface area contributed by atoms with Gasteiger partial charge in [-0.15, -0.1) is 10.2 Å². The van der Waals surface area contributed by atoms with E-state index >= 15 is 0 Å². The highest BCUT2D eigenvalue weighted by atomic mass is 16.5. The molecule has 0 spiro atoms. The number of hydrogen-bond acceptors (Lipinski definition) is 5. The molecule has 2 N–H and O–H groups in total. The minimum atomic E-state index is 0.452. The highest BCUT2D eigenvalue weighted by Gasteiger charge is 2.06. The number of para-hydroxylation sites is 1. The Balaban J connectivity index is 1.88. The van der Waals surface area contributed by atoms with Gasteiger partial charge in [0, 0.05) is 45.6 Å². The number of aromatic nitrogens is 3. The first-order valence-corrected chi connectivity index (χ1v) is 9.38. The third kappa shape index (κ3) is 7.36. The van der Waals surface area contributed by atoms with Crippen LogP contribution >= 0.6 is 0 Å². The average molecular weight is 374 g/mol. The van der Waals surface area contributed by atoms with Crippen LogP contribution in [0.1, 0.15) is 19.2 Å². The largest absolute Gasteiger partial charge is 0.385 e. The Labute approximate surface area is 161 Å². The van der Waals surface area contributed by atoms with Crippen LogP contribution in [-0.2, 0) is 11.3 Å². The van der Waals surface area contributed by atoms with E-state index in [0.717, 1.165) is 56.7 Å². The molecule has 2 aromatic rings. The molecule has 8 nitrogen and oxygen atoms in total. The summed E-state index contributed by atoms with van der Waals surface area (Å²) in [7, 11) is 3.85. The Morgan fingerprint density at radius 2 is 2.04 bits per heavy atom. The third-order valence-corrected chi connectivity index (χ3v) is 4.05. The van der Waals surface area contributed by atoms with Crippen LogP contribution in [0.3, 0.4) is 0 Å². The molecule has 8 heteroatoms. The van der Waals surface area contributed by atoms with E-state index in [1.807, 2.05) is 34.9 Å². The third-order valence-electron chi connectivity index (χ3n) is 4.05. The molecule has 1 aromatic heterocycles. The maximum absolute atomic E-state index is 5.09. The summed E-state index contributed by atoms with van der Waals surface area (Å²) in [4.78, 5) is 6.93. The van der Waals surface area contributed by atoms with Crippen molar-refractivity contribution in [1.82, 2.24) is 30.3 Å². The smallest absolute Gasteiger partial charge is 0.191 e. The summed E-state index contributed by atoms with van der Waals surface area (Å²) >= 11 is 0. The van der Waals surface area contributed by atoms with Gasteiger partial charge in [0.25, 0.3) is 0 Å². The van der Waals surface area contributed by atoms with E-state index in [9.17, 15) is 0 Å². The molecule has 0 radical (unpaired) electrons. The summed E-state index contributed by atoms with van der Waals surface area (Å²) in [5.74, 6) is 1.58. The molecule has 2 rings (SSSR count). The van der Waals surface area contributed by atoms with E-state index < -0.39 is 0 Å². The summed E-state index contributed by atoms with van der Waals surface area (Å²) in [6.45, 7) is 6.89. The summed E-state index contributed by atoms with van der Waals surface area (Å²) in [6.07, 6.45) is 2.76. The molecular weight excluding hydrogens is 342 g/mol. The molecule has 0 saturated carbocycles. The standard InChI is InChI=1S/C19H31N7O/c1-4-20-19(21-11-13-25(2)12-8-14-27-3)22-15-18-24-23-16-26(18)17-9-6-5-7-10-17/h5-7,9-10,16H,4,8,11-15H2,1-3H3,(H2,20,21,22). The maximum Gasteiger partial charge on any atom is 0.191 e. The lowest BCUT2D eigenvalue weighted by atomic mass is 10.3. The molecule has 148 valence electrons. The molecule has 0 unspecified atom stereocenters. The first-order valence-electron chi connectivity index (χ1n) is 9.38. The zero-order chi connectivity index (χ0) is 19.3. The second-order valence-corrected chi connectivity index (χ2v) is 6.22. The fourth-order valence-corrected chi connectivity index (χ4v) is 2.62. The molecule has 0 amide bonds. The van der Waals surface area contributed by atoms with Gasteiger partial charge in [-0.3, -0.25) is 4.57 Å². The number of rotatable bonds is 11. The number of aliphatic imine (C=N–C) groups is 1. The van der Waals surface area contributed by atoms with E-state index in [1.54, 1.807) is 13.4 Å². The van der Waals surface area contributed by atoms with Crippen LogP contribution in [0.25, 0.3) is 5.69 Å². The predicted octanol–water partition coefficient (Wildman–Crippen LogP) is 1.29. The molecule has 0 aliphatic heterocycles. The maximum atomic E-state index is 5.09. The van der Waals surface area contributed by atoms with Crippen LogP contribution in [0.15, 0.2) is 41.7 Å². The summed E-state index contributed by atoms with van der Waals surface area (Å²) in [5.41, 5.74) is 1.03. The van der Waals surface area contributed by atoms with Crippen LogP contribution < -0.4 is 10.6 Å². The Morgan fingerprint density at radius 1 is 1.22 bits per heavy atom. The monoisotopic (exact) mass is 373 g/mol. The van der Waals surface area contributed by atoms with Gasteiger partial charge in [0.1, 0.15) is 12.9 Å². The minimum Gasteiger partial charge on any atom is -0.385 e. The van der Waals surface area contributed by atoms with Crippen molar-refractivity contribution in [3.05, 3.63) is 42.5 Å². The van der Waals surface area contributed by atoms with Crippen LogP contribution in [0, 0.1) is 0 Å². The zero-order valence-electron chi connectivity index (χ0n) is 16.6. The number of likely N-dealkylation sites (N-methyl/N-ethyl adjacent to an activating group) is 1. The van der Waals surface area contributed by atoms with E-state index in [1.165, 1.54) is 0 Å². The van der Waals surface area contributed by atoms with Crippen LogP contribution in [0.5, 0.6) is 0 Å². The van der Waals surface area contributed by atoms with E-state index in [-0.39, 0.29) is 0 Å². The Morgan fingerprint density at radius 3 is 2.78 bits per heavy atom. The Bertz CT molecular complexity index is 672. The number of methoxy groups -OCH3 is 1. The normalized spacial score (nSPS) is 11.8. The first kappa shape index (κ1) is 20.9. The minimum absolute atomic E-state index is 0.452. The molecule has 1 heterocycles. The Hall–Kier alpha value is -2.45. The quantitative estimate of drug-likeness (QED) is 0.351. The second kappa shape index (κ2) is 12.0. The lowest BCUT2D eigenvalue weighted by Gasteiger charge is -2.18. The predicted molar refractivity (Wildman–Crippen MR) is 108 cm³/mol. The molecule has 0 aliphatic carbocycles. The van der Waals surface area contributed by atoms with E-state index in [4.69, 9.17) is 4.74 Å². The SMILES string of the molecule is CCNC(=NCc1nncn1-c1ccccc1)NCCN(C)CCCOC. The molecule has 27 heavy (non-hydrogen) atoms. The van der Waals surface area contributed by atoms with Crippen LogP contribution in [0.4, 0.5) is 0 Å². The van der Waals surface area contributed by atoms with Gasteiger partial charge < -0.3 is 20.3 Å².